The molecule has 0 radical (unpaired) electrons. The lowest BCUT2D eigenvalue weighted by Crippen LogP contribution is -2.17. The number of hydrogen-bond acceptors (Lipinski definition) is 6. The van der Waals surface area contributed by atoms with Crippen molar-refractivity contribution in [1.82, 2.24) is 9.78 Å². The predicted molar refractivity (Wildman–Crippen MR) is 109 cm³/mol. The first-order valence-electron chi connectivity index (χ1n) is 9.10. The van der Waals surface area contributed by atoms with E-state index < -0.39 is 29.7 Å². The van der Waals surface area contributed by atoms with Crippen LogP contribution in [0.4, 0.5) is 18.2 Å². The third-order valence-electron chi connectivity index (χ3n) is 4.73. The van der Waals surface area contributed by atoms with Crippen LogP contribution in [0.3, 0.4) is 0 Å². The largest absolute Gasteiger partial charge is 0.465 e. The van der Waals surface area contributed by atoms with E-state index in [1.807, 2.05) is 0 Å². The fourth-order valence-corrected chi connectivity index (χ4v) is 5.03. The number of thiophene rings is 1. The molecule has 1 aliphatic rings. The van der Waals surface area contributed by atoms with Gasteiger partial charge in [-0.25, -0.2) is 4.79 Å². The summed E-state index contributed by atoms with van der Waals surface area (Å²) in [7, 11) is 1.15. The maximum absolute atomic E-state index is 13.2. The third-order valence-corrected chi connectivity index (χ3v) is 6.73. The van der Waals surface area contributed by atoms with Gasteiger partial charge in [0, 0.05) is 12.3 Å². The summed E-state index contributed by atoms with van der Waals surface area (Å²) in [5.74, 6) is -2.11. The number of amides is 2. The molecule has 2 heterocycles. The fraction of sp³-hybridized carbons (Fsp3) is 0.444. The van der Waals surface area contributed by atoms with Gasteiger partial charge in [0.15, 0.2) is 5.69 Å². The lowest BCUT2D eigenvalue weighted by molar-refractivity contribution is -0.142. The molecule has 1 saturated carbocycles. The number of methoxy groups -OCH3 is 1. The summed E-state index contributed by atoms with van der Waals surface area (Å²) in [5, 5.41) is 6.26. The van der Waals surface area contributed by atoms with Gasteiger partial charge in [0.1, 0.15) is 5.00 Å². The van der Waals surface area contributed by atoms with E-state index in [0.29, 0.717) is 5.69 Å². The maximum atomic E-state index is 13.2. The van der Waals surface area contributed by atoms with Gasteiger partial charge in [0.05, 0.1) is 34.3 Å². The Hall–Kier alpha value is -2.41. The molecule has 0 unspecified atom stereocenters. The minimum Gasteiger partial charge on any atom is -0.465 e. The van der Waals surface area contributed by atoms with Crippen molar-refractivity contribution < 1.29 is 32.3 Å². The zero-order chi connectivity index (χ0) is 23.1. The van der Waals surface area contributed by atoms with Crippen LogP contribution in [0.1, 0.15) is 62.2 Å². The van der Waals surface area contributed by atoms with Crippen LogP contribution in [0, 0.1) is 6.92 Å². The molecule has 8 nitrogen and oxygen atoms in total. The molecule has 3 rings (SSSR count). The number of halogens is 4. The molecule has 13 heteroatoms. The summed E-state index contributed by atoms with van der Waals surface area (Å²) in [6.07, 6.45) is -3.32. The number of esters is 1. The molecule has 31 heavy (non-hydrogen) atoms. The van der Waals surface area contributed by atoms with E-state index in [4.69, 9.17) is 10.5 Å². The van der Waals surface area contributed by atoms with Gasteiger partial charge in [0.25, 0.3) is 5.91 Å². The number of alkyl halides is 3. The Morgan fingerprint density at radius 1 is 1.35 bits per heavy atom. The van der Waals surface area contributed by atoms with Crippen LogP contribution >= 0.6 is 27.3 Å². The number of nitrogens with zero attached hydrogens (tertiary/aromatic N) is 2. The summed E-state index contributed by atoms with van der Waals surface area (Å²) in [6.45, 7) is 1.41. The smallest absolute Gasteiger partial charge is 0.436 e. The highest BCUT2D eigenvalue weighted by Crippen LogP contribution is 2.47. The Balaban J connectivity index is 1.80. The second-order valence-electron chi connectivity index (χ2n) is 6.96. The van der Waals surface area contributed by atoms with Crippen molar-refractivity contribution in [2.45, 2.75) is 44.8 Å². The van der Waals surface area contributed by atoms with Crippen molar-refractivity contribution in [1.29, 1.82) is 0 Å². The number of rotatable bonds is 7. The fourth-order valence-electron chi connectivity index (χ4n) is 3.13. The highest BCUT2D eigenvalue weighted by atomic mass is 79.9. The van der Waals surface area contributed by atoms with Crippen LogP contribution in [0.15, 0.2) is 4.47 Å². The molecule has 2 aromatic rings. The van der Waals surface area contributed by atoms with Gasteiger partial charge in [-0.3, -0.25) is 14.3 Å². The van der Waals surface area contributed by atoms with Gasteiger partial charge in [-0.15, -0.1) is 11.3 Å². The number of nitrogens with one attached hydrogen (secondary N) is 1. The topological polar surface area (TPSA) is 116 Å². The van der Waals surface area contributed by atoms with Gasteiger partial charge < -0.3 is 15.8 Å². The maximum Gasteiger partial charge on any atom is 0.436 e. The zero-order valence-corrected chi connectivity index (χ0v) is 18.8. The van der Waals surface area contributed by atoms with Gasteiger partial charge >= 0.3 is 12.1 Å². The van der Waals surface area contributed by atoms with Gasteiger partial charge in [-0.2, -0.15) is 18.3 Å². The van der Waals surface area contributed by atoms with Crippen molar-refractivity contribution in [3.63, 3.8) is 0 Å². The standard InChI is InChI=1S/C18H18BrF3N4O4S/c1-7-10(17(29)30-2)16(31-13(7)15(23)28)24-9(27)5-6-26-12(8-3-4-8)11(19)14(25-26)18(20,21)22/h8H,3-6H2,1-2H3,(H2,23,28)(H,24,27). The molecule has 0 aromatic carbocycles. The van der Waals surface area contributed by atoms with E-state index >= 15 is 0 Å². The molecule has 2 aromatic heterocycles. The van der Waals surface area contributed by atoms with E-state index in [0.717, 1.165) is 31.3 Å². The van der Waals surface area contributed by atoms with Crippen molar-refractivity contribution >= 4 is 50.1 Å². The average molecular weight is 523 g/mol. The Morgan fingerprint density at radius 2 is 2.00 bits per heavy atom. The summed E-state index contributed by atoms with van der Waals surface area (Å²) in [6, 6.07) is 0. The number of carbonyl (C=O) groups excluding carboxylic acids is 3. The van der Waals surface area contributed by atoms with E-state index in [1.54, 1.807) is 0 Å². The molecule has 1 fully saturated rings. The van der Waals surface area contributed by atoms with Crippen molar-refractivity contribution in [3.05, 3.63) is 31.9 Å². The SMILES string of the molecule is COC(=O)c1c(NC(=O)CCn2nc(C(F)(F)F)c(Br)c2C2CC2)sc(C(N)=O)c1C. The van der Waals surface area contributed by atoms with Crippen LogP contribution < -0.4 is 11.1 Å². The van der Waals surface area contributed by atoms with Crippen molar-refractivity contribution in [3.8, 4) is 0 Å². The first-order chi connectivity index (χ1) is 14.5. The van der Waals surface area contributed by atoms with E-state index in [-0.39, 0.29) is 44.4 Å². The Morgan fingerprint density at radius 3 is 2.52 bits per heavy atom. The number of nitrogens with two attached hydrogens (primary N) is 1. The highest BCUT2D eigenvalue weighted by molar-refractivity contribution is 9.10. The first-order valence-corrected chi connectivity index (χ1v) is 10.7. The Kier molecular flexibility index (Phi) is 6.46. The predicted octanol–water partition coefficient (Wildman–Crippen LogP) is 3.83. The molecule has 3 N–H and O–H groups in total. The number of ether oxygens (including phenoxy) is 1. The molecule has 2 amide bonds. The molecular formula is C18H18BrF3N4O4S. The molecule has 0 saturated heterocycles. The highest BCUT2D eigenvalue weighted by Gasteiger charge is 2.41. The molecule has 0 atom stereocenters. The molecule has 0 spiro atoms. The molecule has 0 aliphatic heterocycles. The van der Waals surface area contributed by atoms with Gasteiger partial charge in [-0.05, 0) is 41.3 Å². The number of hydrogen-bond donors (Lipinski definition) is 2. The normalized spacial score (nSPS) is 13.9. The summed E-state index contributed by atoms with van der Waals surface area (Å²) in [4.78, 5) is 36.2. The Bertz CT molecular complexity index is 1060. The first kappa shape index (κ1) is 23.3. The van der Waals surface area contributed by atoms with E-state index in [9.17, 15) is 27.6 Å². The van der Waals surface area contributed by atoms with Crippen LogP contribution in [0.2, 0.25) is 0 Å². The van der Waals surface area contributed by atoms with Gasteiger partial charge in [-0.1, -0.05) is 0 Å². The van der Waals surface area contributed by atoms with E-state index in [1.165, 1.54) is 11.6 Å². The minimum atomic E-state index is -4.62. The van der Waals surface area contributed by atoms with Crippen LogP contribution in [0.25, 0.3) is 0 Å². The molecule has 0 bridgehead atoms. The quantitative estimate of drug-likeness (QED) is 0.536. The average Bonchev–Trinajstić information content (AvgIpc) is 3.37. The van der Waals surface area contributed by atoms with Crippen LogP contribution in [-0.2, 0) is 22.3 Å². The van der Waals surface area contributed by atoms with Gasteiger partial charge in [0.2, 0.25) is 5.91 Å². The second kappa shape index (κ2) is 8.61. The zero-order valence-electron chi connectivity index (χ0n) is 16.4. The monoisotopic (exact) mass is 522 g/mol. The Labute approximate surface area is 187 Å². The summed E-state index contributed by atoms with van der Waals surface area (Å²) in [5.41, 5.74) is 4.98. The third kappa shape index (κ3) is 4.76. The molecular weight excluding hydrogens is 505 g/mol. The van der Waals surface area contributed by atoms with Crippen molar-refractivity contribution in [2.75, 3.05) is 12.4 Å². The number of anilines is 1. The molecule has 1 aliphatic carbocycles. The van der Waals surface area contributed by atoms with Crippen LogP contribution in [0.5, 0.6) is 0 Å². The second-order valence-corrected chi connectivity index (χ2v) is 8.77. The van der Waals surface area contributed by atoms with Crippen molar-refractivity contribution in [2.24, 2.45) is 5.73 Å². The summed E-state index contributed by atoms with van der Waals surface area (Å²) < 4.78 is 45.4. The lowest BCUT2D eigenvalue weighted by atomic mass is 10.1. The minimum absolute atomic E-state index is 0.00881. The number of aromatic nitrogens is 2. The number of primary amides is 1. The van der Waals surface area contributed by atoms with Crippen LogP contribution in [-0.4, -0.2) is 34.7 Å². The molecule has 168 valence electrons. The van der Waals surface area contributed by atoms with E-state index in [2.05, 4.69) is 26.3 Å². The number of carbonyl (C=O) groups is 3. The summed E-state index contributed by atoms with van der Waals surface area (Å²) >= 11 is 3.83. The number of aryl methyl sites for hydroxylation is 1. The lowest BCUT2D eigenvalue weighted by Gasteiger charge is -2.08.